The van der Waals surface area contributed by atoms with Crippen LogP contribution in [-0.4, -0.2) is 29.9 Å². The zero-order valence-corrected chi connectivity index (χ0v) is 15.8. The molecular formula is C21H22ClN3O2. The molecule has 1 aliphatic rings. The van der Waals surface area contributed by atoms with Gasteiger partial charge in [-0.15, -0.1) is 6.58 Å². The lowest BCUT2D eigenvalue weighted by atomic mass is 10.2. The van der Waals surface area contributed by atoms with Gasteiger partial charge in [0.25, 0.3) is 0 Å². The number of halogens is 1. The van der Waals surface area contributed by atoms with E-state index in [0.717, 1.165) is 17.7 Å². The highest BCUT2D eigenvalue weighted by atomic mass is 35.5. The summed E-state index contributed by atoms with van der Waals surface area (Å²) in [6, 6.07) is 14.7. The fraction of sp³-hybridized carbons (Fsp3) is 0.238. The molecule has 5 nitrogen and oxygen atoms in total. The van der Waals surface area contributed by atoms with Gasteiger partial charge in [-0.25, -0.2) is 4.79 Å². The Labute approximate surface area is 164 Å². The highest BCUT2D eigenvalue weighted by molar-refractivity contribution is 6.33. The largest absolute Gasteiger partial charge is 0.322 e. The number of carbonyl (C=O) groups is 2. The van der Waals surface area contributed by atoms with Crippen molar-refractivity contribution in [3.8, 4) is 0 Å². The fourth-order valence-electron chi connectivity index (χ4n) is 3.07. The average molecular weight is 384 g/mol. The standard InChI is InChI=1S/C21H22ClN3O2/c1-2-12-24(15-16-7-4-3-5-8-16)21(27)23-19-14-17(10-11-18(19)22)25-13-6-9-20(25)26/h2-5,7-8,10-11,14H,1,6,9,12-13,15H2,(H,23,27). The second-order valence-electron chi connectivity index (χ2n) is 6.40. The molecule has 0 aromatic heterocycles. The van der Waals surface area contributed by atoms with Crippen LogP contribution < -0.4 is 10.2 Å². The van der Waals surface area contributed by atoms with Gasteiger partial charge in [0.15, 0.2) is 0 Å². The summed E-state index contributed by atoms with van der Waals surface area (Å²) in [6.07, 6.45) is 3.07. The van der Waals surface area contributed by atoms with E-state index in [9.17, 15) is 9.59 Å². The van der Waals surface area contributed by atoms with E-state index in [4.69, 9.17) is 11.6 Å². The van der Waals surface area contributed by atoms with Crippen LogP contribution in [0.15, 0.2) is 61.2 Å². The molecule has 2 aromatic carbocycles. The quantitative estimate of drug-likeness (QED) is 0.736. The van der Waals surface area contributed by atoms with Crippen molar-refractivity contribution in [2.24, 2.45) is 0 Å². The predicted molar refractivity (Wildman–Crippen MR) is 109 cm³/mol. The van der Waals surface area contributed by atoms with Crippen molar-refractivity contribution in [1.29, 1.82) is 0 Å². The van der Waals surface area contributed by atoms with E-state index in [1.165, 1.54) is 0 Å². The SMILES string of the molecule is C=CCN(Cc1ccccc1)C(=O)Nc1cc(N2CCCC2=O)ccc1Cl. The second kappa shape index (κ2) is 8.73. The first-order valence-electron chi connectivity index (χ1n) is 8.89. The normalized spacial score (nSPS) is 13.5. The van der Waals surface area contributed by atoms with E-state index in [1.54, 1.807) is 34.1 Å². The second-order valence-corrected chi connectivity index (χ2v) is 6.81. The zero-order chi connectivity index (χ0) is 19.2. The molecule has 1 saturated heterocycles. The number of anilines is 2. The summed E-state index contributed by atoms with van der Waals surface area (Å²) in [4.78, 5) is 28.1. The Morgan fingerprint density at radius 3 is 2.70 bits per heavy atom. The molecule has 0 saturated carbocycles. The molecule has 1 fully saturated rings. The molecular weight excluding hydrogens is 362 g/mol. The van der Waals surface area contributed by atoms with Gasteiger partial charge in [-0.3, -0.25) is 4.79 Å². The van der Waals surface area contributed by atoms with Gasteiger partial charge in [0.05, 0.1) is 10.7 Å². The van der Waals surface area contributed by atoms with E-state index >= 15 is 0 Å². The lowest BCUT2D eigenvalue weighted by Crippen LogP contribution is -2.34. The molecule has 3 rings (SSSR count). The molecule has 1 heterocycles. The number of hydrogen-bond donors (Lipinski definition) is 1. The molecule has 1 aliphatic heterocycles. The van der Waals surface area contributed by atoms with Crippen LogP contribution in [0.4, 0.5) is 16.2 Å². The summed E-state index contributed by atoms with van der Waals surface area (Å²) in [5, 5.41) is 3.29. The third-order valence-corrected chi connectivity index (χ3v) is 4.76. The Balaban J connectivity index is 1.76. The summed E-state index contributed by atoms with van der Waals surface area (Å²) in [7, 11) is 0. The topological polar surface area (TPSA) is 52.7 Å². The summed E-state index contributed by atoms with van der Waals surface area (Å²) in [5.41, 5.74) is 2.26. The van der Waals surface area contributed by atoms with Crippen LogP contribution in [0.2, 0.25) is 5.02 Å². The highest BCUT2D eigenvalue weighted by Gasteiger charge is 2.23. The summed E-state index contributed by atoms with van der Waals surface area (Å²) in [6.45, 7) is 5.28. The van der Waals surface area contributed by atoms with Gasteiger partial charge in [-0.1, -0.05) is 48.0 Å². The van der Waals surface area contributed by atoms with Crippen LogP contribution in [0.25, 0.3) is 0 Å². The van der Waals surface area contributed by atoms with Gasteiger partial charge in [-0.2, -0.15) is 0 Å². The summed E-state index contributed by atoms with van der Waals surface area (Å²) >= 11 is 6.27. The zero-order valence-electron chi connectivity index (χ0n) is 15.0. The molecule has 0 aliphatic carbocycles. The maximum atomic E-state index is 12.8. The number of urea groups is 1. The van der Waals surface area contributed by atoms with Crippen LogP contribution in [-0.2, 0) is 11.3 Å². The van der Waals surface area contributed by atoms with Gasteiger partial charge >= 0.3 is 6.03 Å². The van der Waals surface area contributed by atoms with Crippen molar-refractivity contribution < 1.29 is 9.59 Å². The third-order valence-electron chi connectivity index (χ3n) is 4.43. The predicted octanol–water partition coefficient (Wildman–Crippen LogP) is 4.69. The first-order valence-corrected chi connectivity index (χ1v) is 9.27. The molecule has 27 heavy (non-hydrogen) atoms. The molecule has 0 spiro atoms. The minimum Gasteiger partial charge on any atom is -0.316 e. The summed E-state index contributed by atoms with van der Waals surface area (Å²) < 4.78 is 0. The minimum absolute atomic E-state index is 0.0898. The van der Waals surface area contributed by atoms with Crippen molar-refractivity contribution in [3.05, 3.63) is 71.8 Å². The number of hydrogen-bond acceptors (Lipinski definition) is 2. The summed E-state index contributed by atoms with van der Waals surface area (Å²) in [5.74, 6) is 0.0898. The monoisotopic (exact) mass is 383 g/mol. The first-order chi connectivity index (χ1) is 13.1. The maximum absolute atomic E-state index is 12.8. The number of carbonyl (C=O) groups excluding carboxylic acids is 2. The number of amides is 3. The third kappa shape index (κ3) is 4.68. The lowest BCUT2D eigenvalue weighted by molar-refractivity contribution is -0.117. The van der Waals surface area contributed by atoms with Gasteiger partial charge in [0.1, 0.15) is 0 Å². The number of nitrogens with zero attached hydrogens (tertiary/aromatic N) is 2. The molecule has 6 heteroatoms. The lowest BCUT2D eigenvalue weighted by Gasteiger charge is -2.23. The molecule has 0 bridgehead atoms. The van der Waals surface area contributed by atoms with E-state index in [2.05, 4.69) is 11.9 Å². The van der Waals surface area contributed by atoms with Crippen molar-refractivity contribution >= 4 is 34.9 Å². The molecule has 0 atom stereocenters. The van der Waals surface area contributed by atoms with Crippen molar-refractivity contribution in [3.63, 3.8) is 0 Å². The van der Waals surface area contributed by atoms with Crippen molar-refractivity contribution in [2.45, 2.75) is 19.4 Å². The molecule has 2 aromatic rings. The number of rotatable bonds is 6. The Bertz CT molecular complexity index is 839. The molecule has 3 amide bonds. The van der Waals surface area contributed by atoms with E-state index in [-0.39, 0.29) is 11.9 Å². The van der Waals surface area contributed by atoms with Crippen LogP contribution in [0.5, 0.6) is 0 Å². The van der Waals surface area contributed by atoms with Crippen LogP contribution in [0, 0.1) is 0 Å². The number of nitrogens with one attached hydrogen (secondary N) is 1. The first kappa shape index (κ1) is 19.0. The Hall–Kier alpha value is -2.79. The molecule has 0 radical (unpaired) electrons. The Kier molecular flexibility index (Phi) is 6.14. The molecule has 0 unspecified atom stereocenters. The van der Waals surface area contributed by atoms with Crippen molar-refractivity contribution in [1.82, 2.24) is 4.90 Å². The average Bonchev–Trinajstić information content (AvgIpc) is 3.10. The number of benzene rings is 2. The highest BCUT2D eigenvalue weighted by Crippen LogP contribution is 2.30. The minimum atomic E-state index is -0.273. The van der Waals surface area contributed by atoms with Gasteiger partial charge in [-0.05, 0) is 30.2 Å². The molecule has 1 N–H and O–H groups in total. The van der Waals surface area contributed by atoms with Crippen LogP contribution >= 0.6 is 11.6 Å². The Morgan fingerprint density at radius 1 is 1.26 bits per heavy atom. The van der Waals surface area contributed by atoms with Gasteiger partial charge in [0, 0.05) is 31.7 Å². The van der Waals surface area contributed by atoms with Crippen LogP contribution in [0.3, 0.4) is 0 Å². The maximum Gasteiger partial charge on any atom is 0.322 e. The molecule has 140 valence electrons. The smallest absolute Gasteiger partial charge is 0.316 e. The van der Waals surface area contributed by atoms with Crippen molar-refractivity contribution in [2.75, 3.05) is 23.3 Å². The Morgan fingerprint density at radius 2 is 2.04 bits per heavy atom. The van der Waals surface area contributed by atoms with Gasteiger partial charge < -0.3 is 15.1 Å². The van der Waals surface area contributed by atoms with Crippen LogP contribution in [0.1, 0.15) is 18.4 Å². The van der Waals surface area contributed by atoms with Gasteiger partial charge in [0.2, 0.25) is 5.91 Å². The van der Waals surface area contributed by atoms with E-state index in [1.807, 2.05) is 30.3 Å². The van der Waals surface area contributed by atoms with E-state index < -0.39 is 0 Å². The van der Waals surface area contributed by atoms with E-state index in [0.29, 0.717) is 36.8 Å². The fourth-order valence-corrected chi connectivity index (χ4v) is 3.24.